The minimum absolute atomic E-state index is 0.119. The summed E-state index contributed by atoms with van der Waals surface area (Å²) in [4.78, 5) is 4.27. The number of para-hydroxylation sites is 1. The Bertz CT molecular complexity index is 519. The maximum absolute atomic E-state index is 6.18. The second kappa shape index (κ2) is 5.45. The van der Waals surface area contributed by atoms with Crippen LogP contribution in [0, 0.1) is 12.8 Å². The van der Waals surface area contributed by atoms with Crippen molar-refractivity contribution in [1.29, 1.82) is 0 Å². The molecule has 2 aromatic rings. The molecule has 0 saturated carbocycles. The number of rotatable bonds is 4. The summed E-state index contributed by atoms with van der Waals surface area (Å²) in [6, 6.07) is 8.05. The highest BCUT2D eigenvalue weighted by molar-refractivity contribution is 5.32. The van der Waals surface area contributed by atoms with Crippen LogP contribution in [0.2, 0.25) is 0 Å². The molecule has 0 aliphatic carbocycles. The molecular formula is C15H18N2O2. The Morgan fingerprint density at radius 2 is 2.32 bits per heavy atom. The fourth-order valence-electron chi connectivity index (χ4n) is 2.48. The van der Waals surface area contributed by atoms with Crippen molar-refractivity contribution < 1.29 is 9.15 Å². The van der Waals surface area contributed by atoms with Gasteiger partial charge in [-0.15, -0.1) is 0 Å². The van der Waals surface area contributed by atoms with E-state index in [1.165, 1.54) is 0 Å². The summed E-state index contributed by atoms with van der Waals surface area (Å²) >= 11 is 0. The molecule has 0 bridgehead atoms. The first-order valence-electron chi connectivity index (χ1n) is 6.67. The maximum Gasteiger partial charge on any atom is 0.235 e. The minimum atomic E-state index is -0.119. The van der Waals surface area contributed by atoms with Crippen molar-refractivity contribution in [2.45, 2.75) is 19.4 Å². The van der Waals surface area contributed by atoms with Gasteiger partial charge in [0.1, 0.15) is 12.0 Å². The first-order chi connectivity index (χ1) is 9.34. The molecule has 0 radical (unpaired) electrons. The molecule has 0 amide bonds. The Balaban J connectivity index is 1.85. The van der Waals surface area contributed by atoms with Crippen LogP contribution in [-0.2, 0) is 0 Å². The molecule has 0 unspecified atom stereocenters. The van der Waals surface area contributed by atoms with E-state index in [1.807, 2.05) is 18.2 Å². The molecule has 0 spiro atoms. The maximum atomic E-state index is 6.18. The van der Waals surface area contributed by atoms with Gasteiger partial charge in [-0.05, 0) is 31.5 Å². The smallest absolute Gasteiger partial charge is 0.235 e. The van der Waals surface area contributed by atoms with Crippen LogP contribution in [0.4, 0.5) is 0 Å². The van der Waals surface area contributed by atoms with Crippen LogP contribution in [0.15, 0.2) is 41.1 Å². The van der Waals surface area contributed by atoms with Gasteiger partial charge >= 0.3 is 0 Å². The van der Waals surface area contributed by atoms with Crippen molar-refractivity contribution in [2.75, 3.05) is 13.1 Å². The fraction of sp³-hybridized carbons (Fsp3) is 0.400. The zero-order chi connectivity index (χ0) is 13.1. The molecule has 2 atom stereocenters. The van der Waals surface area contributed by atoms with Crippen molar-refractivity contribution >= 4 is 0 Å². The number of benzene rings is 1. The monoisotopic (exact) mass is 258 g/mol. The Morgan fingerprint density at radius 3 is 3.00 bits per heavy atom. The van der Waals surface area contributed by atoms with Gasteiger partial charge in [0.25, 0.3) is 0 Å². The number of nitrogens with one attached hydrogen (secondary N) is 1. The zero-order valence-corrected chi connectivity index (χ0v) is 11.0. The van der Waals surface area contributed by atoms with Gasteiger partial charge in [-0.3, -0.25) is 0 Å². The molecule has 1 aliphatic heterocycles. The highest BCUT2D eigenvalue weighted by atomic mass is 16.5. The van der Waals surface area contributed by atoms with E-state index in [1.54, 1.807) is 12.5 Å². The average molecular weight is 258 g/mol. The van der Waals surface area contributed by atoms with Gasteiger partial charge in [0.2, 0.25) is 5.89 Å². The van der Waals surface area contributed by atoms with Gasteiger partial charge in [-0.25, -0.2) is 4.98 Å². The number of aryl methyl sites for hydroxylation is 1. The van der Waals surface area contributed by atoms with Crippen molar-refractivity contribution in [1.82, 2.24) is 10.3 Å². The highest BCUT2D eigenvalue weighted by Crippen LogP contribution is 2.32. The van der Waals surface area contributed by atoms with E-state index in [-0.39, 0.29) is 6.10 Å². The summed E-state index contributed by atoms with van der Waals surface area (Å²) in [7, 11) is 0. The second-order valence-electron chi connectivity index (χ2n) is 4.93. The normalized spacial score (nSPS) is 20.4. The van der Waals surface area contributed by atoms with Gasteiger partial charge in [0.05, 0.1) is 6.20 Å². The topological polar surface area (TPSA) is 47.3 Å². The van der Waals surface area contributed by atoms with Crippen molar-refractivity contribution in [3.05, 3.63) is 48.2 Å². The van der Waals surface area contributed by atoms with E-state index >= 15 is 0 Å². The van der Waals surface area contributed by atoms with Gasteiger partial charge in [-0.1, -0.05) is 18.2 Å². The van der Waals surface area contributed by atoms with Gasteiger partial charge in [-0.2, -0.15) is 0 Å². The molecule has 1 N–H and O–H groups in total. The summed E-state index contributed by atoms with van der Waals surface area (Å²) < 4.78 is 11.6. The SMILES string of the molecule is Cc1ccccc1O[C@H](c1ncco1)[C@@H]1CCNC1. The summed E-state index contributed by atoms with van der Waals surface area (Å²) in [6.45, 7) is 4.02. The van der Waals surface area contributed by atoms with E-state index in [0.29, 0.717) is 11.8 Å². The van der Waals surface area contributed by atoms with Crippen LogP contribution in [0.3, 0.4) is 0 Å². The molecule has 1 aliphatic rings. The lowest BCUT2D eigenvalue weighted by molar-refractivity contribution is 0.113. The first kappa shape index (κ1) is 12.2. The van der Waals surface area contributed by atoms with E-state index < -0.39 is 0 Å². The van der Waals surface area contributed by atoms with Crippen molar-refractivity contribution in [2.24, 2.45) is 5.92 Å². The fourth-order valence-corrected chi connectivity index (χ4v) is 2.48. The van der Waals surface area contributed by atoms with Gasteiger partial charge < -0.3 is 14.5 Å². The molecule has 1 fully saturated rings. The minimum Gasteiger partial charge on any atom is -0.480 e. The summed E-state index contributed by atoms with van der Waals surface area (Å²) in [6.07, 6.45) is 4.24. The third kappa shape index (κ3) is 2.63. The summed E-state index contributed by atoms with van der Waals surface area (Å²) in [5, 5.41) is 3.37. The molecule has 3 rings (SSSR count). The molecule has 4 heteroatoms. The lowest BCUT2D eigenvalue weighted by Crippen LogP contribution is -2.22. The van der Waals surface area contributed by atoms with Crippen molar-refractivity contribution in [3.8, 4) is 5.75 Å². The predicted octanol–water partition coefficient (Wildman–Crippen LogP) is 2.71. The number of aromatic nitrogens is 1. The number of nitrogens with zero attached hydrogens (tertiary/aromatic N) is 1. The Kier molecular flexibility index (Phi) is 3.51. The van der Waals surface area contributed by atoms with E-state index in [4.69, 9.17) is 9.15 Å². The zero-order valence-electron chi connectivity index (χ0n) is 11.0. The largest absolute Gasteiger partial charge is 0.480 e. The molecular weight excluding hydrogens is 240 g/mol. The molecule has 1 saturated heterocycles. The molecule has 19 heavy (non-hydrogen) atoms. The molecule has 1 aromatic heterocycles. The summed E-state index contributed by atoms with van der Waals surface area (Å²) in [5.74, 6) is 1.97. The lowest BCUT2D eigenvalue weighted by Gasteiger charge is -2.22. The molecule has 4 nitrogen and oxygen atoms in total. The first-order valence-corrected chi connectivity index (χ1v) is 6.67. The van der Waals surface area contributed by atoms with E-state index in [9.17, 15) is 0 Å². The van der Waals surface area contributed by atoms with Gasteiger partial charge in [0.15, 0.2) is 6.10 Å². The molecule has 100 valence electrons. The number of ether oxygens (including phenoxy) is 1. The van der Waals surface area contributed by atoms with Crippen LogP contribution in [-0.4, -0.2) is 18.1 Å². The number of hydrogen-bond acceptors (Lipinski definition) is 4. The van der Waals surface area contributed by atoms with Crippen LogP contribution in [0.5, 0.6) is 5.75 Å². The summed E-state index contributed by atoms with van der Waals surface area (Å²) in [5.41, 5.74) is 1.13. The average Bonchev–Trinajstić information content (AvgIpc) is 3.11. The second-order valence-corrected chi connectivity index (χ2v) is 4.93. The Morgan fingerprint density at radius 1 is 1.42 bits per heavy atom. The molecule has 1 aromatic carbocycles. The number of oxazole rings is 1. The van der Waals surface area contributed by atoms with Crippen LogP contribution < -0.4 is 10.1 Å². The molecule has 2 heterocycles. The predicted molar refractivity (Wildman–Crippen MR) is 72.0 cm³/mol. The Hall–Kier alpha value is -1.81. The third-order valence-electron chi connectivity index (χ3n) is 3.57. The standard InChI is InChI=1S/C15H18N2O2/c1-11-4-2-3-5-13(11)19-14(12-6-7-16-10-12)15-17-8-9-18-15/h2-5,8-9,12,14,16H,6-7,10H2,1H3/t12-,14+/m1/s1. The van der Waals surface area contributed by atoms with Crippen LogP contribution >= 0.6 is 0 Å². The van der Waals surface area contributed by atoms with Crippen LogP contribution in [0.1, 0.15) is 24.0 Å². The number of hydrogen-bond donors (Lipinski definition) is 1. The van der Waals surface area contributed by atoms with Crippen molar-refractivity contribution in [3.63, 3.8) is 0 Å². The quantitative estimate of drug-likeness (QED) is 0.916. The lowest BCUT2D eigenvalue weighted by atomic mass is 10.0. The highest BCUT2D eigenvalue weighted by Gasteiger charge is 2.31. The van der Waals surface area contributed by atoms with E-state index in [2.05, 4.69) is 23.3 Å². The Labute approximate surface area is 112 Å². The van der Waals surface area contributed by atoms with Gasteiger partial charge in [0, 0.05) is 12.5 Å². The van der Waals surface area contributed by atoms with E-state index in [0.717, 1.165) is 30.8 Å². The van der Waals surface area contributed by atoms with Crippen LogP contribution in [0.25, 0.3) is 0 Å². The third-order valence-corrected chi connectivity index (χ3v) is 3.57.